The van der Waals surface area contributed by atoms with Crippen molar-refractivity contribution in [3.8, 4) is 5.75 Å². The maximum atomic E-state index is 13.6. The molecule has 0 spiro atoms. The van der Waals surface area contributed by atoms with Crippen molar-refractivity contribution in [2.75, 3.05) is 13.7 Å². The number of alkyl halides is 1. The second-order valence-electron chi connectivity index (χ2n) is 13.1. The van der Waals surface area contributed by atoms with Gasteiger partial charge in [-0.15, -0.1) is 11.6 Å². The minimum absolute atomic E-state index is 0.0224. The lowest BCUT2D eigenvalue weighted by molar-refractivity contribution is -0.180. The van der Waals surface area contributed by atoms with Crippen molar-refractivity contribution in [3.05, 3.63) is 76.8 Å². The van der Waals surface area contributed by atoms with Crippen LogP contribution in [-0.4, -0.2) is 66.9 Å². The Morgan fingerprint density at radius 1 is 1.04 bits per heavy atom. The van der Waals surface area contributed by atoms with Crippen LogP contribution in [0.5, 0.6) is 5.75 Å². The Balaban J connectivity index is 1.96. The maximum absolute atomic E-state index is 13.6. The Hall–Kier alpha value is -3.60. The topological polar surface area (TPSA) is 140 Å². The number of amides is 2. The van der Waals surface area contributed by atoms with Gasteiger partial charge in [0.25, 0.3) is 0 Å². The van der Waals surface area contributed by atoms with E-state index in [2.05, 4.69) is 10.6 Å². The molecule has 3 rings (SSSR count). The number of ether oxygens (including phenoxy) is 3. The van der Waals surface area contributed by atoms with Crippen LogP contribution in [0.2, 0.25) is 5.02 Å². The zero-order valence-corrected chi connectivity index (χ0v) is 29.7. The molecule has 262 valence electrons. The average Bonchev–Trinajstić information content (AvgIpc) is 3.04. The maximum Gasteiger partial charge on any atom is 0.347 e. The third-order valence-corrected chi connectivity index (χ3v) is 9.00. The number of rotatable bonds is 9. The predicted octanol–water partition coefficient (Wildman–Crippen LogP) is 5.33. The molecular formula is C36H46Cl2N2O8. The summed E-state index contributed by atoms with van der Waals surface area (Å²) in [5.74, 6) is -2.87. The van der Waals surface area contributed by atoms with Gasteiger partial charge in [0.05, 0.1) is 29.0 Å². The molecule has 3 N–H and O–H groups in total. The Morgan fingerprint density at radius 3 is 2.35 bits per heavy atom. The molecule has 0 bridgehead atoms. The summed E-state index contributed by atoms with van der Waals surface area (Å²) in [6, 6.07) is 13.0. The van der Waals surface area contributed by atoms with Crippen LogP contribution >= 0.6 is 23.2 Å². The molecule has 0 radical (unpaired) electrons. The molecular weight excluding hydrogens is 659 g/mol. The highest BCUT2D eigenvalue weighted by Crippen LogP contribution is 2.32. The smallest absolute Gasteiger partial charge is 0.347 e. The predicted molar refractivity (Wildman–Crippen MR) is 184 cm³/mol. The van der Waals surface area contributed by atoms with E-state index in [1.807, 2.05) is 19.9 Å². The average molecular weight is 706 g/mol. The van der Waals surface area contributed by atoms with E-state index in [1.165, 1.54) is 19.3 Å². The minimum atomic E-state index is -1.25. The molecule has 0 aliphatic carbocycles. The molecule has 10 nitrogen and oxygen atoms in total. The van der Waals surface area contributed by atoms with Crippen LogP contribution in [0.15, 0.2) is 60.7 Å². The minimum Gasteiger partial charge on any atom is -0.495 e. The number of methoxy groups -OCH3 is 1. The standard InChI is InChI=1S/C36H46Cl2N2O8/c1-21(2)17-29-34(44)47-27(22(3)32(42)31(38)24-11-8-7-9-12-24)13-10-14-30(41)40-26(19-23-15-16-28(46-6)25(37)18-23)33(43)39-20-36(4,5)35(45)48-29/h7-12,14-16,18,21-22,26-27,29,31-32,42H,13,17,19-20H2,1-6H3,(H,39,43)(H,40,41)/t22-,26+,27-,29-,31-,32+/m0/s1. The largest absolute Gasteiger partial charge is 0.495 e. The zero-order valence-electron chi connectivity index (χ0n) is 28.2. The molecule has 6 atom stereocenters. The molecule has 0 saturated carbocycles. The number of esters is 2. The number of cyclic esters (lactones) is 2. The van der Waals surface area contributed by atoms with E-state index in [1.54, 1.807) is 63.2 Å². The van der Waals surface area contributed by atoms with E-state index >= 15 is 0 Å². The summed E-state index contributed by atoms with van der Waals surface area (Å²) < 4.78 is 16.9. The molecule has 48 heavy (non-hydrogen) atoms. The number of hydrogen-bond donors (Lipinski definition) is 3. The summed E-state index contributed by atoms with van der Waals surface area (Å²) in [4.78, 5) is 53.6. The normalized spacial score (nSPS) is 22.9. The molecule has 2 amide bonds. The fraction of sp³-hybridized carbons (Fsp3) is 0.500. The van der Waals surface area contributed by atoms with Gasteiger partial charge < -0.3 is 30.0 Å². The molecule has 0 fully saturated rings. The van der Waals surface area contributed by atoms with Gasteiger partial charge in [0.2, 0.25) is 11.8 Å². The summed E-state index contributed by atoms with van der Waals surface area (Å²) in [5.41, 5.74) is 0.104. The van der Waals surface area contributed by atoms with Crippen molar-refractivity contribution >= 4 is 47.0 Å². The van der Waals surface area contributed by atoms with Gasteiger partial charge in [-0.25, -0.2) is 4.79 Å². The van der Waals surface area contributed by atoms with Crippen molar-refractivity contribution < 1.29 is 38.5 Å². The van der Waals surface area contributed by atoms with E-state index in [0.29, 0.717) is 21.9 Å². The van der Waals surface area contributed by atoms with Crippen molar-refractivity contribution in [1.29, 1.82) is 0 Å². The molecule has 1 heterocycles. The first-order chi connectivity index (χ1) is 22.6. The van der Waals surface area contributed by atoms with E-state index in [4.69, 9.17) is 37.4 Å². The van der Waals surface area contributed by atoms with Gasteiger partial charge in [0, 0.05) is 25.3 Å². The van der Waals surface area contributed by atoms with Crippen LogP contribution in [0.25, 0.3) is 0 Å². The number of carbonyl (C=O) groups excluding carboxylic acids is 4. The first-order valence-corrected chi connectivity index (χ1v) is 16.8. The van der Waals surface area contributed by atoms with Crippen molar-refractivity contribution in [2.45, 2.75) is 83.6 Å². The number of nitrogens with one attached hydrogen (secondary N) is 2. The fourth-order valence-corrected chi connectivity index (χ4v) is 5.79. The van der Waals surface area contributed by atoms with Crippen molar-refractivity contribution in [3.63, 3.8) is 0 Å². The van der Waals surface area contributed by atoms with E-state index in [0.717, 1.165) is 0 Å². The van der Waals surface area contributed by atoms with E-state index in [-0.39, 0.29) is 31.7 Å². The van der Waals surface area contributed by atoms with Crippen LogP contribution in [-0.2, 0) is 35.1 Å². The lowest BCUT2D eigenvalue weighted by atomic mass is 9.90. The van der Waals surface area contributed by atoms with Gasteiger partial charge in [0.15, 0.2) is 6.10 Å². The van der Waals surface area contributed by atoms with Gasteiger partial charge in [-0.1, -0.05) is 74.8 Å². The molecule has 2 aromatic rings. The summed E-state index contributed by atoms with van der Waals surface area (Å²) in [6.07, 6.45) is -0.287. The van der Waals surface area contributed by atoms with Gasteiger partial charge >= 0.3 is 11.9 Å². The second-order valence-corrected chi connectivity index (χ2v) is 14.0. The number of halogens is 2. The molecule has 12 heteroatoms. The number of aliphatic hydroxyl groups is 1. The highest BCUT2D eigenvalue weighted by molar-refractivity contribution is 6.32. The van der Waals surface area contributed by atoms with Gasteiger partial charge in [-0.3, -0.25) is 14.4 Å². The van der Waals surface area contributed by atoms with E-state index < -0.39 is 64.8 Å². The fourth-order valence-electron chi connectivity index (χ4n) is 5.14. The van der Waals surface area contributed by atoms with Crippen LogP contribution < -0.4 is 15.4 Å². The zero-order chi connectivity index (χ0) is 35.6. The van der Waals surface area contributed by atoms with Crippen LogP contribution in [0, 0.1) is 17.3 Å². The van der Waals surface area contributed by atoms with E-state index in [9.17, 15) is 24.3 Å². The molecule has 1 aliphatic rings. The first kappa shape index (κ1) is 38.8. The highest BCUT2D eigenvalue weighted by Gasteiger charge is 2.38. The third kappa shape index (κ3) is 11.0. The summed E-state index contributed by atoms with van der Waals surface area (Å²) in [7, 11) is 1.49. The Labute approximate surface area is 292 Å². The lowest BCUT2D eigenvalue weighted by Crippen LogP contribution is -2.51. The Morgan fingerprint density at radius 2 is 1.73 bits per heavy atom. The SMILES string of the molecule is COc1ccc(C[C@H]2NC(=O)C=CC[C@@H]([C@H](C)[C@@H](O)[C@@H](Cl)c3ccccc3)OC(=O)[C@H](CC(C)C)OC(=O)C(C)(C)CNC2=O)cc1Cl. The van der Waals surface area contributed by atoms with Crippen molar-refractivity contribution in [1.82, 2.24) is 10.6 Å². The second kappa shape index (κ2) is 17.7. The number of benzene rings is 2. The quantitative estimate of drug-likeness (QED) is 0.235. The number of hydrogen-bond acceptors (Lipinski definition) is 8. The van der Waals surface area contributed by atoms with Crippen LogP contribution in [0.4, 0.5) is 0 Å². The van der Waals surface area contributed by atoms with Gasteiger partial charge in [0.1, 0.15) is 17.9 Å². The first-order valence-electron chi connectivity index (χ1n) is 16.0. The van der Waals surface area contributed by atoms with Gasteiger partial charge in [-0.2, -0.15) is 0 Å². The monoisotopic (exact) mass is 704 g/mol. The van der Waals surface area contributed by atoms with Crippen LogP contribution in [0.3, 0.4) is 0 Å². The lowest BCUT2D eigenvalue weighted by Gasteiger charge is -2.32. The van der Waals surface area contributed by atoms with Gasteiger partial charge in [-0.05, 0) is 55.5 Å². The molecule has 2 aromatic carbocycles. The van der Waals surface area contributed by atoms with Crippen LogP contribution in [0.1, 0.15) is 64.0 Å². The summed E-state index contributed by atoms with van der Waals surface area (Å²) in [6.45, 7) is 8.49. The summed E-state index contributed by atoms with van der Waals surface area (Å²) >= 11 is 13.0. The summed E-state index contributed by atoms with van der Waals surface area (Å²) in [5, 5.41) is 16.3. The Kier molecular flexibility index (Phi) is 14.3. The Bertz CT molecular complexity index is 1450. The highest BCUT2D eigenvalue weighted by atomic mass is 35.5. The molecule has 0 aromatic heterocycles. The molecule has 0 unspecified atom stereocenters. The third-order valence-electron chi connectivity index (χ3n) is 8.19. The van der Waals surface area contributed by atoms with Crippen molar-refractivity contribution in [2.24, 2.45) is 17.3 Å². The molecule has 1 aliphatic heterocycles. The molecule has 0 saturated heterocycles. The number of carbonyl (C=O) groups is 4. The number of aliphatic hydroxyl groups excluding tert-OH is 1.